The third-order valence-electron chi connectivity index (χ3n) is 6.37. The van der Waals surface area contributed by atoms with Crippen LogP contribution in [0.2, 0.25) is 0 Å². The van der Waals surface area contributed by atoms with Gasteiger partial charge in [-0.2, -0.15) is 5.10 Å². The van der Waals surface area contributed by atoms with Crippen molar-refractivity contribution in [3.63, 3.8) is 0 Å². The van der Waals surface area contributed by atoms with Crippen LogP contribution in [0.25, 0.3) is 0 Å². The monoisotopic (exact) mass is 523 g/mol. The van der Waals surface area contributed by atoms with Crippen LogP contribution in [-0.2, 0) is 0 Å². The topological polar surface area (TPSA) is 114 Å². The summed E-state index contributed by atoms with van der Waals surface area (Å²) in [5, 5.41) is 15.5. The van der Waals surface area contributed by atoms with Crippen molar-refractivity contribution in [1.82, 2.24) is 10.3 Å². The number of carbonyl (C=O) groups is 1. The SMILES string of the molecule is CC1/C(=N\NC(N)=S)CC(c2ccc(F)cc2)N(C(=O)c2ccc([N+](=O)[O-])cc2)C1c1ccc(F)cc1. The molecule has 1 amide bonds. The average molecular weight is 524 g/mol. The number of amides is 1. The van der Waals surface area contributed by atoms with E-state index in [2.05, 4.69) is 10.5 Å². The first kappa shape index (κ1) is 25.8. The van der Waals surface area contributed by atoms with Crippen molar-refractivity contribution in [2.75, 3.05) is 0 Å². The van der Waals surface area contributed by atoms with Crippen LogP contribution in [0.4, 0.5) is 14.5 Å². The summed E-state index contributed by atoms with van der Waals surface area (Å²) in [6.45, 7) is 1.88. The molecule has 3 aromatic rings. The Kier molecular flexibility index (Phi) is 7.53. The number of carbonyl (C=O) groups excluding carboxylic acids is 1. The Morgan fingerprint density at radius 2 is 1.57 bits per heavy atom. The van der Waals surface area contributed by atoms with Crippen molar-refractivity contribution in [1.29, 1.82) is 0 Å². The second kappa shape index (κ2) is 10.8. The van der Waals surface area contributed by atoms with Crippen molar-refractivity contribution < 1.29 is 18.5 Å². The molecule has 0 spiro atoms. The highest BCUT2D eigenvalue weighted by atomic mass is 32.1. The van der Waals surface area contributed by atoms with E-state index in [0.717, 1.165) is 0 Å². The summed E-state index contributed by atoms with van der Waals surface area (Å²) in [4.78, 5) is 26.2. The number of nitrogens with one attached hydrogen (secondary N) is 1. The smallest absolute Gasteiger partial charge is 0.269 e. The number of hydrogen-bond acceptors (Lipinski definition) is 5. The van der Waals surface area contributed by atoms with E-state index < -0.39 is 34.5 Å². The number of benzene rings is 3. The molecule has 37 heavy (non-hydrogen) atoms. The van der Waals surface area contributed by atoms with Crippen molar-refractivity contribution in [2.24, 2.45) is 16.8 Å². The number of hydrogen-bond donors (Lipinski definition) is 2. The Morgan fingerprint density at radius 3 is 2.08 bits per heavy atom. The van der Waals surface area contributed by atoms with Gasteiger partial charge in [0.15, 0.2) is 5.11 Å². The molecule has 0 bridgehead atoms. The molecule has 3 aromatic carbocycles. The number of rotatable bonds is 5. The van der Waals surface area contributed by atoms with E-state index in [9.17, 15) is 23.7 Å². The number of likely N-dealkylation sites (tertiary alicyclic amines) is 1. The summed E-state index contributed by atoms with van der Waals surface area (Å²) in [5.41, 5.74) is 10.2. The molecular weight excluding hydrogens is 500 g/mol. The molecule has 1 fully saturated rings. The largest absolute Gasteiger partial charge is 0.375 e. The highest BCUT2D eigenvalue weighted by molar-refractivity contribution is 7.80. The highest BCUT2D eigenvalue weighted by Gasteiger charge is 2.43. The zero-order valence-electron chi connectivity index (χ0n) is 19.7. The van der Waals surface area contributed by atoms with Gasteiger partial charge in [-0.25, -0.2) is 8.78 Å². The minimum atomic E-state index is -0.612. The van der Waals surface area contributed by atoms with E-state index in [1.807, 2.05) is 6.92 Å². The van der Waals surface area contributed by atoms with Gasteiger partial charge >= 0.3 is 0 Å². The molecule has 11 heteroatoms. The molecule has 8 nitrogen and oxygen atoms in total. The van der Waals surface area contributed by atoms with Gasteiger partial charge in [-0.15, -0.1) is 0 Å². The molecule has 190 valence electrons. The van der Waals surface area contributed by atoms with Gasteiger partial charge in [0.25, 0.3) is 11.6 Å². The van der Waals surface area contributed by atoms with Crippen LogP contribution >= 0.6 is 12.2 Å². The van der Waals surface area contributed by atoms with Crippen LogP contribution in [-0.4, -0.2) is 26.6 Å². The lowest BCUT2D eigenvalue weighted by Crippen LogP contribution is -2.48. The van der Waals surface area contributed by atoms with Crippen LogP contribution in [0, 0.1) is 27.7 Å². The number of nitro benzene ring substituents is 1. The first-order valence-electron chi connectivity index (χ1n) is 11.4. The standard InChI is InChI=1S/C26H23F2N5O3S/c1-15-22(30-31-26(29)37)14-23(16-2-8-19(27)9-3-16)32(24(15)17-4-10-20(28)11-5-17)25(34)18-6-12-21(13-7-18)33(35)36/h2-13,15,23-24H,14H2,1H3,(H3,29,31,37)/b30-22-. The van der Waals surface area contributed by atoms with Crippen LogP contribution in [0.3, 0.4) is 0 Å². The molecule has 4 rings (SSSR count). The van der Waals surface area contributed by atoms with Gasteiger partial charge in [0.05, 0.1) is 17.0 Å². The lowest BCUT2D eigenvalue weighted by molar-refractivity contribution is -0.384. The fourth-order valence-electron chi connectivity index (χ4n) is 4.59. The Hall–Kier alpha value is -4.25. The maximum atomic E-state index is 14.0. The van der Waals surface area contributed by atoms with E-state index in [1.165, 1.54) is 48.5 Å². The molecule has 3 N–H and O–H groups in total. The third-order valence-corrected chi connectivity index (χ3v) is 6.46. The molecule has 1 heterocycles. The first-order valence-corrected chi connectivity index (χ1v) is 11.8. The van der Waals surface area contributed by atoms with Crippen LogP contribution in [0.5, 0.6) is 0 Å². The predicted octanol–water partition coefficient (Wildman–Crippen LogP) is 5.03. The minimum absolute atomic E-state index is 0.0271. The molecule has 0 radical (unpaired) electrons. The molecule has 1 aliphatic rings. The summed E-state index contributed by atoms with van der Waals surface area (Å²) >= 11 is 4.90. The fraction of sp³-hybridized carbons (Fsp3) is 0.192. The van der Waals surface area contributed by atoms with Crippen LogP contribution in [0.15, 0.2) is 77.9 Å². The van der Waals surface area contributed by atoms with Crippen LogP contribution < -0.4 is 11.2 Å². The van der Waals surface area contributed by atoms with Gasteiger partial charge in [0.1, 0.15) is 11.6 Å². The maximum absolute atomic E-state index is 14.0. The lowest BCUT2D eigenvalue weighted by Gasteiger charge is -2.46. The third kappa shape index (κ3) is 5.61. The summed E-state index contributed by atoms with van der Waals surface area (Å²) in [5.74, 6) is -1.61. The molecule has 3 atom stereocenters. The predicted molar refractivity (Wildman–Crippen MR) is 139 cm³/mol. The van der Waals surface area contributed by atoms with Crippen molar-refractivity contribution in [3.05, 3.63) is 111 Å². The maximum Gasteiger partial charge on any atom is 0.269 e. The zero-order chi connectivity index (χ0) is 26.7. The number of hydrazone groups is 1. The number of non-ortho nitro benzene ring substituents is 1. The molecule has 0 aliphatic carbocycles. The number of piperidine rings is 1. The van der Waals surface area contributed by atoms with Gasteiger partial charge in [-0.3, -0.25) is 20.3 Å². The van der Waals surface area contributed by atoms with Gasteiger partial charge in [-0.1, -0.05) is 31.2 Å². The number of nitrogens with zero attached hydrogens (tertiary/aromatic N) is 3. The van der Waals surface area contributed by atoms with E-state index in [1.54, 1.807) is 29.2 Å². The van der Waals surface area contributed by atoms with Crippen molar-refractivity contribution in [2.45, 2.75) is 25.4 Å². The molecule has 1 saturated heterocycles. The van der Waals surface area contributed by atoms with Gasteiger partial charge in [-0.05, 0) is 59.7 Å². The molecular formula is C26H23F2N5O3S. The average Bonchev–Trinajstić information content (AvgIpc) is 2.88. The molecule has 0 aromatic heterocycles. The number of thiocarbonyl (C=S) groups is 1. The van der Waals surface area contributed by atoms with Gasteiger partial charge in [0.2, 0.25) is 0 Å². The zero-order valence-corrected chi connectivity index (χ0v) is 20.5. The number of nitro groups is 1. The van der Waals surface area contributed by atoms with E-state index in [-0.39, 0.29) is 28.7 Å². The Bertz CT molecular complexity index is 1350. The van der Waals surface area contributed by atoms with Gasteiger partial charge in [0, 0.05) is 35.7 Å². The highest BCUT2D eigenvalue weighted by Crippen LogP contribution is 2.44. The number of nitrogens with two attached hydrogens (primary N) is 1. The minimum Gasteiger partial charge on any atom is -0.375 e. The molecule has 1 aliphatic heterocycles. The Labute approximate surface area is 216 Å². The summed E-state index contributed by atoms with van der Waals surface area (Å²) in [7, 11) is 0. The van der Waals surface area contributed by atoms with E-state index in [4.69, 9.17) is 18.0 Å². The summed E-state index contributed by atoms with van der Waals surface area (Å²) < 4.78 is 27.6. The van der Waals surface area contributed by atoms with Crippen molar-refractivity contribution >= 4 is 34.6 Å². The Morgan fingerprint density at radius 1 is 1.03 bits per heavy atom. The van der Waals surface area contributed by atoms with Crippen LogP contribution in [0.1, 0.15) is 46.9 Å². The summed E-state index contributed by atoms with van der Waals surface area (Å²) in [6.07, 6.45) is 0.277. The quantitative estimate of drug-likeness (QED) is 0.276. The second-order valence-corrected chi connectivity index (χ2v) is 9.09. The van der Waals surface area contributed by atoms with E-state index >= 15 is 0 Å². The normalized spacial score (nSPS) is 20.5. The number of halogens is 2. The van der Waals surface area contributed by atoms with Crippen molar-refractivity contribution in [3.8, 4) is 0 Å². The summed E-state index contributed by atoms with van der Waals surface area (Å²) in [6, 6.07) is 15.7. The molecule has 0 saturated carbocycles. The first-order chi connectivity index (χ1) is 17.7. The molecule has 3 unspecified atom stereocenters. The lowest BCUT2D eigenvalue weighted by atomic mass is 9.79. The van der Waals surface area contributed by atoms with Gasteiger partial charge < -0.3 is 10.6 Å². The second-order valence-electron chi connectivity index (χ2n) is 8.65. The van der Waals surface area contributed by atoms with E-state index in [0.29, 0.717) is 16.8 Å². The fourth-order valence-corrected chi connectivity index (χ4v) is 4.63. The Balaban J connectivity index is 1.87.